The van der Waals surface area contributed by atoms with Gasteiger partial charge in [0.1, 0.15) is 4.90 Å². The van der Waals surface area contributed by atoms with Gasteiger partial charge in [-0.1, -0.05) is 26.2 Å². The minimum absolute atomic E-state index is 0.00766. The van der Waals surface area contributed by atoms with E-state index in [2.05, 4.69) is 10.0 Å². The number of benzene rings is 1. The second-order valence-corrected chi connectivity index (χ2v) is 8.11. The Morgan fingerprint density at radius 1 is 1.29 bits per heavy atom. The summed E-state index contributed by atoms with van der Waals surface area (Å²) in [7, 11) is -3.78. The highest BCUT2D eigenvalue weighted by Crippen LogP contribution is 2.26. The quantitative estimate of drug-likeness (QED) is 0.699. The highest BCUT2D eigenvalue weighted by Gasteiger charge is 2.25. The smallest absolute Gasteiger partial charge is 0.335 e. The second kappa shape index (κ2) is 7.98. The molecule has 0 heterocycles. The van der Waals surface area contributed by atoms with E-state index in [1.807, 2.05) is 13.8 Å². The minimum atomic E-state index is -3.78. The van der Waals surface area contributed by atoms with Crippen molar-refractivity contribution in [1.82, 2.24) is 4.72 Å². The van der Waals surface area contributed by atoms with Crippen LogP contribution in [-0.4, -0.2) is 31.6 Å². The monoisotopic (exact) mass is 354 g/mol. The molecule has 1 aromatic carbocycles. The summed E-state index contributed by atoms with van der Waals surface area (Å²) in [5.74, 6) is -1.14. The predicted molar refractivity (Wildman–Crippen MR) is 94.0 cm³/mol. The van der Waals surface area contributed by atoms with Gasteiger partial charge < -0.3 is 10.4 Å². The van der Waals surface area contributed by atoms with E-state index in [1.165, 1.54) is 18.2 Å². The molecule has 24 heavy (non-hydrogen) atoms. The molecule has 0 radical (unpaired) electrons. The third kappa shape index (κ3) is 4.70. The lowest BCUT2D eigenvalue weighted by atomic mass is 9.96. The molecule has 0 bridgehead atoms. The largest absolute Gasteiger partial charge is 0.478 e. The lowest BCUT2D eigenvalue weighted by molar-refractivity contribution is 0.0696. The fraction of sp³-hybridized carbons (Fsp3) is 0.588. The molecule has 0 spiro atoms. The first kappa shape index (κ1) is 18.7. The number of carboxylic acid groups (broad SMARTS) is 1. The molecule has 6 nitrogen and oxygen atoms in total. The molecule has 1 saturated carbocycles. The first-order chi connectivity index (χ1) is 11.3. The van der Waals surface area contributed by atoms with Crippen molar-refractivity contribution in [3.05, 3.63) is 23.8 Å². The van der Waals surface area contributed by atoms with E-state index >= 15 is 0 Å². The molecule has 1 aliphatic rings. The number of nitrogens with one attached hydrogen (secondary N) is 2. The van der Waals surface area contributed by atoms with Crippen molar-refractivity contribution in [1.29, 1.82) is 0 Å². The molecule has 1 unspecified atom stereocenters. The predicted octanol–water partition coefficient (Wildman–Crippen LogP) is 3.21. The molecule has 0 aromatic heterocycles. The van der Waals surface area contributed by atoms with Crippen molar-refractivity contribution in [2.24, 2.45) is 0 Å². The van der Waals surface area contributed by atoms with Crippen molar-refractivity contribution in [2.45, 2.75) is 69.4 Å². The van der Waals surface area contributed by atoms with Gasteiger partial charge in [-0.2, -0.15) is 0 Å². The van der Waals surface area contributed by atoms with E-state index in [-0.39, 0.29) is 22.5 Å². The molecule has 1 atom stereocenters. The Kier molecular flexibility index (Phi) is 6.23. The summed E-state index contributed by atoms with van der Waals surface area (Å²) in [6.45, 7) is 3.95. The number of hydrogen-bond acceptors (Lipinski definition) is 4. The maximum Gasteiger partial charge on any atom is 0.335 e. The summed E-state index contributed by atoms with van der Waals surface area (Å²) >= 11 is 0. The Morgan fingerprint density at radius 2 is 1.96 bits per heavy atom. The Labute approximate surface area is 143 Å². The van der Waals surface area contributed by atoms with Crippen LogP contribution < -0.4 is 10.0 Å². The van der Waals surface area contributed by atoms with Crippen LogP contribution in [0, 0.1) is 0 Å². The summed E-state index contributed by atoms with van der Waals surface area (Å²) < 4.78 is 28.4. The normalized spacial score (nSPS) is 17.4. The van der Waals surface area contributed by atoms with Gasteiger partial charge in [0.05, 0.1) is 11.3 Å². The minimum Gasteiger partial charge on any atom is -0.478 e. The van der Waals surface area contributed by atoms with E-state index in [9.17, 15) is 18.3 Å². The van der Waals surface area contributed by atoms with Crippen LogP contribution in [0.3, 0.4) is 0 Å². The molecule has 1 fully saturated rings. The number of aromatic carboxylic acids is 1. The topological polar surface area (TPSA) is 95.5 Å². The Bertz CT molecular complexity index is 682. The third-order valence-corrected chi connectivity index (χ3v) is 6.02. The molecular weight excluding hydrogens is 328 g/mol. The Morgan fingerprint density at radius 3 is 2.54 bits per heavy atom. The van der Waals surface area contributed by atoms with E-state index < -0.39 is 16.0 Å². The van der Waals surface area contributed by atoms with Crippen LogP contribution in [0.5, 0.6) is 0 Å². The molecule has 7 heteroatoms. The van der Waals surface area contributed by atoms with Gasteiger partial charge in [-0.25, -0.2) is 17.9 Å². The average molecular weight is 354 g/mol. The fourth-order valence-electron chi connectivity index (χ4n) is 2.87. The lowest BCUT2D eigenvalue weighted by Gasteiger charge is -2.24. The number of hydrogen-bond donors (Lipinski definition) is 3. The molecule has 0 aliphatic heterocycles. The van der Waals surface area contributed by atoms with Gasteiger partial charge in [-0.15, -0.1) is 0 Å². The van der Waals surface area contributed by atoms with Gasteiger partial charge in [-0.05, 0) is 44.4 Å². The van der Waals surface area contributed by atoms with Crippen LogP contribution in [0.2, 0.25) is 0 Å². The van der Waals surface area contributed by atoms with Crippen LogP contribution in [0.15, 0.2) is 23.1 Å². The number of sulfonamides is 1. The van der Waals surface area contributed by atoms with Gasteiger partial charge in [-0.3, -0.25) is 0 Å². The molecule has 2 rings (SSSR count). The molecule has 0 amide bonds. The highest BCUT2D eigenvalue weighted by molar-refractivity contribution is 7.89. The average Bonchev–Trinajstić information content (AvgIpc) is 2.55. The first-order valence-corrected chi connectivity index (χ1v) is 9.98. The van der Waals surface area contributed by atoms with Crippen molar-refractivity contribution < 1.29 is 18.3 Å². The van der Waals surface area contributed by atoms with Crippen LogP contribution in [0.25, 0.3) is 0 Å². The summed E-state index contributed by atoms with van der Waals surface area (Å²) in [5, 5.41) is 12.3. The number of rotatable bonds is 7. The van der Waals surface area contributed by atoms with Gasteiger partial charge in [0.25, 0.3) is 0 Å². The van der Waals surface area contributed by atoms with Gasteiger partial charge in [0.2, 0.25) is 10.0 Å². The van der Waals surface area contributed by atoms with E-state index in [0.29, 0.717) is 5.69 Å². The van der Waals surface area contributed by atoms with Crippen molar-refractivity contribution in [3.63, 3.8) is 0 Å². The van der Waals surface area contributed by atoms with E-state index in [4.69, 9.17) is 0 Å². The SMILES string of the molecule is CCC(C)Nc1ccc(C(=O)O)cc1S(=O)(=O)NC1CCCCC1. The van der Waals surface area contributed by atoms with Gasteiger partial charge in [0, 0.05) is 12.1 Å². The summed E-state index contributed by atoms with van der Waals surface area (Å²) in [6, 6.07) is 4.20. The van der Waals surface area contributed by atoms with Gasteiger partial charge >= 0.3 is 5.97 Å². The highest BCUT2D eigenvalue weighted by atomic mass is 32.2. The number of carboxylic acids is 1. The zero-order valence-electron chi connectivity index (χ0n) is 14.2. The number of carbonyl (C=O) groups is 1. The molecule has 1 aromatic rings. The van der Waals surface area contributed by atoms with Crippen LogP contribution in [0.1, 0.15) is 62.7 Å². The summed E-state index contributed by atoms with van der Waals surface area (Å²) in [4.78, 5) is 11.2. The third-order valence-electron chi connectivity index (χ3n) is 4.46. The summed E-state index contributed by atoms with van der Waals surface area (Å²) in [6.07, 6.45) is 5.64. The molecule has 3 N–H and O–H groups in total. The fourth-order valence-corrected chi connectivity index (χ4v) is 4.37. The second-order valence-electron chi connectivity index (χ2n) is 6.43. The standard InChI is InChI=1S/C17H26N2O4S/c1-3-12(2)18-15-10-9-13(17(20)21)11-16(15)24(22,23)19-14-7-5-4-6-8-14/h9-12,14,18-19H,3-8H2,1-2H3,(H,20,21). The maximum absolute atomic E-state index is 12.8. The Hall–Kier alpha value is -1.60. The molecular formula is C17H26N2O4S. The summed E-state index contributed by atoms with van der Waals surface area (Å²) in [5.41, 5.74) is 0.409. The zero-order valence-corrected chi connectivity index (χ0v) is 15.0. The molecule has 0 saturated heterocycles. The van der Waals surface area contributed by atoms with Crippen LogP contribution >= 0.6 is 0 Å². The first-order valence-electron chi connectivity index (χ1n) is 8.49. The lowest BCUT2D eigenvalue weighted by Crippen LogP contribution is -2.36. The van der Waals surface area contributed by atoms with Crippen molar-refractivity contribution >= 4 is 21.7 Å². The van der Waals surface area contributed by atoms with Gasteiger partial charge in [0.15, 0.2) is 0 Å². The van der Waals surface area contributed by atoms with Crippen LogP contribution in [-0.2, 0) is 10.0 Å². The van der Waals surface area contributed by atoms with E-state index in [0.717, 1.165) is 38.5 Å². The maximum atomic E-state index is 12.8. The zero-order chi connectivity index (χ0) is 17.7. The van der Waals surface area contributed by atoms with E-state index in [1.54, 1.807) is 0 Å². The Balaban J connectivity index is 2.35. The molecule has 1 aliphatic carbocycles. The van der Waals surface area contributed by atoms with Crippen LogP contribution in [0.4, 0.5) is 5.69 Å². The number of anilines is 1. The molecule has 134 valence electrons. The van der Waals surface area contributed by atoms with Crippen molar-refractivity contribution in [2.75, 3.05) is 5.32 Å². The van der Waals surface area contributed by atoms with Crippen molar-refractivity contribution in [3.8, 4) is 0 Å².